The van der Waals surface area contributed by atoms with Crippen LogP contribution in [0, 0.1) is 5.92 Å². The fraction of sp³-hybridized carbons (Fsp3) is 0.900. The maximum atomic E-state index is 11.6. The van der Waals surface area contributed by atoms with Crippen molar-refractivity contribution in [3.63, 3.8) is 0 Å². The first-order valence-corrected chi connectivity index (χ1v) is 5.93. The highest BCUT2D eigenvalue weighted by Crippen LogP contribution is 2.15. The minimum Gasteiger partial charge on any atom is -0.320 e. The summed E-state index contributed by atoms with van der Waals surface area (Å²) in [6.45, 7) is 3.22. The number of carbonyl (C=O) groups excluding carboxylic acids is 1. The Hall–Kier alpha value is -0.240. The van der Waals surface area contributed by atoms with Gasteiger partial charge >= 0.3 is 0 Å². The highest BCUT2D eigenvalue weighted by Gasteiger charge is 2.14. The van der Waals surface area contributed by atoms with Crippen molar-refractivity contribution in [1.29, 1.82) is 0 Å². The van der Waals surface area contributed by atoms with Crippen molar-refractivity contribution in [3.05, 3.63) is 0 Å². The average Bonchev–Trinajstić information content (AvgIpc) is 2.21. The van der Waals surface area contributed by atoms with Gasteiger partial charge in [0.05, 0.1) is 13.4 Å². The summed E-state index contributed by atoms with van der Waals surface area (Å²) in [4.78, 5) is 11.6. The Labute approximate surface area is 89.9 Å². The van der Waals surface area contributed by atoms with Gasteiger partial charge in [0, 0.05) is 5.92 Å². The van der Waals surface area contributed by atoms with Gasteiger partial charge in [-0.05, 0) is 32.9 Å². The maximum absolute atomic E-state index is 11.6. The summed E-state index contributed by atoms with van der Waals surface area (Å²) in [7, 11) is 4.65. The Morgan fingerprint density at radius 2 is 2.14 bits per heavy atom. The molecule has 0 bridgehead atoms. The van der Waals surface area contributed by atoms with E-state index < -0.39 is 0 Å². The molecule has 0 spiro atoms. The van der Waals surface area contributed by atoms with E-state index in [2.05, 4.69) is 12.2 Å². The first-order valence-electron chi connectivity index (χ1n) is 5.93. The Morgan fingerprint density at radius 3 is 2.64 bits per heavy atom. The van der Waals surface area contributed by atoms with Gasteiger partial charge in [-0.1, -0.05) is 19.8 Å². The van der Waals surface area contributed by atoms with E-state index in [4.69, 9.17) is 0 Å². The van der Waals surface area contributed by atoms with Crippen LogP contribution in [0.3, 0.4) is 0 Å². The van der Waals surface area contributed by atoms with Crippen molar-refractivity contribution in [3.8, 4) is 0 Å². The Morgan fingerprint density at radius 1 is 1.43 bits per heavy atom. The summed E-state index contributed by atoms with van der Waals surface area (Å²) >= 11 is 0. The van der Waals surface area contributed by atoms with Crippen molar-refractivity contribution < 1.29 is 4.79 Å². The SMILES string of the molecule is BBC(=O)[C@@H](CCC)CCCCNC. The van der Waals surface area contributed by atoms with E-state index in [1.54, 1.807) is 0 Å². The molecule has 0 aromatic carbocycles. The highest BCUT2D eigenvalue weighted by molar-refractivity contribution is 7.08. The summed E-state index contributed by atoms with van der Waals surface area (Å²) in [5, 5.41) is 3.13. The van der Waals surface area contributed by atoms with Crippen molar-refractivity contribution in [2.24, 2.45) is 5.92 Å². The Kier molecular flexibility index (Phi) is 9.16. The molecule has 0 radical (unpaired) electrons. The van der Waals surface area contributed by atoms with E-state index in [0.717, 1.165) is 25.8 Å². The zero-order valence-corrected chi connectivity index (χ0v) is 9.94. The third kappa shape index (κ3) is 6.25. The van der Waals surface area contributed by atoms with Crippen LogP contribution in [-0.2, 0) is 4.79 Å². The van der Waals surface area contributed by atoms with Gasteiger partial charge in [0.1, 0.15) is 0 Å². The molecule has 0 aliphatic carbocycles. The van der Waals surface area contributed by atoms with Crippen molar-refractivity contribution in [1.82, 2.24) is 5.32 Å². The first kappa shape index (κ1) is 13.8. The maximum Gasteiger partial charge on any atom is 0.166 e. The van der Waals surface area contributed by atoms with E-state index in [-0.39, 0.29) is 0 Å². The summed E-state index contributed by atoms with van der Waals surface area (Å²) < 4.78 is 0. The second kappa shape index (κ2) is 9.32. The molecule has 14 heavy (non-hydrogen) atoms. The summed E-state index contributed by atoms with van der Waals surface area (Å²) in [5.74, 6) is 0.335. The van der Waals surface area contributed by atoms with E-state index in [9.17, 15) is 4.79 Å². The smallest absolute Gasteiger partial charge is 0.166 e. The molecular formula is C10H23B2NO. The molecule has 0 aromatic rings. The first-order chi connectivity index (χ1) is 6.76. The molecule has 0 saturated carbocycles. The minimum atomic E-state index is 0.335. The van der Waals surface area contributed by atoms with Crippen LogP contribution in [0.1, 0.15) is 39.0 Å². The molecule has 0 heterocycles. The number of rotatable bonds is 9. The van der Waals surface area contributed by atoms with Gasteiger partial charge in [-0.3, -0.25) is 0 Å². The second-order valence-corrected chi connectivity index (χ2v) is 3.90. The molecule has 80 valence electrons. The molecule has 1 N–H and O–H groups in total. The standard InChI is InChI=1S/C10H23B2NO/c1-3-6-9(10(14)12-11)7-4-5-8-13-2/h9,12-13H,3-8,11H2,1-2H3/t9-/m0/s1. The number of hydrogen-bond donors (Lipinski definition) is 1. The van der Waals surface area contributed by atoms with Gasteiger partial charge in [-0.2, -0.15) is 0 Å². The quantitative estimate of drug-likeness (QED) is 0.423. The molecule has 0 unspecified atom stereocenters. The summed E-state index contributed by atoms with van der Waals surface area (Å²) in [6, 6.07) is 0. The van der Waals surface area contributed by atoms with Gasteiger partial charge in [0.25, 0.3) is 0 Å². The summed E-state index contributed by atoms with van der Waals surface area (Å²) in [6.07, 6.45) is 5.65. The topological polar surface area (TPSA) is 29.1 Å². The summed E-state index contributed by atoms with van der Waals surface area (Å²) in [5.41, 5.74) is 0.455. The van der Waals surface area contributed by atoms with E-state index in [1.807, 2.05) is 14.8 Å². The Balaban J connectivity index is 3.67. The van der Waals surface area contributed by atoms with Gasteiger partial charge in [0.15, 0.2) is 7.17 Å². The molecular weight excluding hydrogens is 172 g/mol. The zero-order chi connectivity index (χ0) is 10.8. The van der Waals surface area contributed by atoms with Gasteiger partial charge in [-0.25, -0.2) is 0 Å². The van der Waals surface area contributed by atoms with Crippen LogP contribution in [0.25, 0.3) is 0 Å². The molecule has 0 aromatic heterocycles. The van der Waals surface area contributed by atoms with Crippen LogP contribution < -0.4 is 5.32 Å². The largest absolute Gasteiger partial charge is 0.320 e. The van der Waals surface area contributed by atoms with Crippen molar-refractivity contribution >= 4 is 20.6 Å². The molecule has 0 amide bonds. The molecule has 2 nitrogen and oxygen atoms in total. The van der Waals surface area contributed by atoms with Crippen LogP contribution >= 0.6 is 0 Å². The lowest BCUT2D eigenvalue weighted by molar-refractivity contribution is -0.115. The van der Waals surface area contributed by atoms with Gasteiger partial charge in [0.2, 0.25) is 0 Å². The molecule has 0 aliphatic rings. The predicted octanol–water partition coefficient (Wildman–Crippen LogP) is 0.304. The lowest BCUT2D eigenvalue weighted by Gasteiger charge is -2.13. The van der Waals surface area contributed by atoms with E-state index in [0.29, 0.717) is 18.8 Å². The number of hydrogen-bond acceptors (Lipinski definition) is 2. The van der Waals surface area contributed by atoms with Crippen LogP contribution in [0.15, 0.2) is 0 Å². The van der Waals surface area contributed by atoms with Crippen LogP contribution in [0.5, 0.6) is 0 Å². The number of nitrogens with one attached hydrogen (secondary N) is 1. The fourth-order valence-corrected chi connectivity index (χ4v) is 1.80. The number of unbranched alkanes of at least 4 members (excludes halogenated alkanes) is 1. The molecule has 0 rings (SSSR count). The van der Waals surface area contributed by atoms with E-state index >= 15 is 0 Å². The van der Waals surface area contributed by atoms with Gasteiger partial charge < -0.3 is 10.1 Å². The Bertz CT molecular complexity index is 153. The zero-order valence-electron chi connectivity index (χ0n) is 9.94. The lowest BCUT2D eigenvalue weighted by Crippen LogP contribution is -2.21. The molecule has 0 fully saturated rings. The van der Waals surface area contributed by atoms with Crippen LogP contribution in [0.4, 0.5) is 0 Å². The van der Waals surface area contributed by atoms with Crippen LogP contribution in [-0.4, -0.2) is 34.2 Å². The fourth-order valence-electron chi connectivity index (χ4n) is 1.80. The monoisotopic (exact) mass is 195 g/mol. The van der Waals surface area contributed by atoms with E-state index in [1.165, 1.54) is 12.8 Å². The third-order valence-electron chi connectivity index (χ3n) is 2.67. The molecule has 4 heteroatoms. The molecule has 0 aliphatic heterocycles. The second-order valence-electron chi connectivity index (χ2n) is 3.90. The number of carbonyl (C=O) groups is 1. The van der Waals surface area contributed by atoms with Crippen LogP contribution in [0.2, 0.25) is 0 Å². The average molecular weight is 195 g/mol. The van der Waals surface area contributed by atoms with Crippen molar-refractivity contribution in [2.45, 2.75) is 39.0 Å². The predicted molar refractivity (Wildman–Crippen MR) is 66.9 cm³/mol. The van der Waals surface area contributed by atoms with Crippen molar-refractivity contribution in [2.75, 3.05) is 13.6 Å². The molecule has 1 atom stereocenters. The molecule has 0 saturated heterocycles. The normalized spacial score (nSPS) is 12.4. The minimum absolute atomic E-state index is 0.335. The third-order valence-corrected chi connectivity index (χ3v) is 2.67. The highest BCUT2D eigenvalue weighted by atomic mass is 16.1. The van der Waals surface area contributed by atoms with Gasteiger partial charge in [-0.15, -0.1) is 0 Å². The lowest BCUT2D eigenvalue weighted by atomic mass is 9.49.